The maximum Gasteiger partial charge on any atom is 0.273 e. The molecule has 2 N–H and O–H groups in total. The number of amides is 1. The number of ether oxygens (including phenoxy) is 3. The van der Waals surface area contributed by atoms with E-state index < -0.39 is 6.04 Å². The van der Waals surface area contributed by atoms with Gasteiger partial charge >= 0.3 is 0 Å². The highest BCUT2D eigenvalue weighted by atomic mass is 16.5. The molecule has 0 radical (unpaired) electrons. The summed E-state index contributed by atoms with van der Waals surface area (Å²) in [5, 5.41) is 17.9. The summed E-state index contributed by atoms with van der Waals surface area (Å²) in [5.74, 6) is 1.29. The molecule has 0 saturated heterocycles. The Bertz CT molecular complexity index is 1140. The van der Waals surface area contributed by atoms with Crippen LogP contribution in [0.1, 0.15) is 54.3 Å². The number of carbonyl (C=O) groups is 1. The molecule has 1 aromatic heterocycles. The fraction of sp³-hybridized carbons (Fsp3) is 0.385. The zero-order valence-corrected chi connectivity index (χ0v) is 19.8. The predicted octanol–water partition coefficient (Wildman–Crippen LogP) is 4.55. The van der Waals surface area contributed by atoms with Gasteiger partial charge in [0.25, 0.3) is 5.91 Å². The molecule has 8 nitrogen and oxygen atoms in total. The highest BCUT2D eigenvalue weighted by Gasteiger charge is 2.42. The summed E-state index contributed by atoms with van der Waals surface area (Å²) >= 11 is 0. The molecule has 0 aliphatic carbocycles. The van der Waals surface area contributed by atoms with Gasteiger partial charge in [-0.2, -0.15) is 5.10 Å². The second-order valence-electron chi connectivity index (χ2n) is 8.11. The van der Waals surface area contributed by atoms with Crippen molar-refractivity contribution in [2.75, 3.05) is 33.5 Å². The molecule has 180 valence electrons. The molecule has 0 saturated carbocycles. The first-order valence-electron chi connectivity index (χ1n) is 11.7. The number of hydrogen-bond acceptors (Lipinski definition) is 6. The number of benzene rings is 2. The van der Waals surface area contributed by atoms with E-state index in [1.165, 1.54) is 0 Å². The summed E-state index contributed by atoms with van der Waals surface area (Å²) in [4.78, 5) is 15.2. The van der Waals surface area contributed by atoms with E-state index in [1.807, 2.05) is 36.1 Å². The first-order chi connectivity index (χ1) is 16.6. The Kier molecular flexibility index (Phi) is 7.37. The van der Waals surface area contributed by atoms with Crippen molar-refractivity contribution in [2.24, 2.45) is 0 Å². The third-order valence-corrected chi connectivity index (χ3v) is 5.82. The molecule has 1 unspecified atom stereocenters. The van der Waals surface area contributed by atoms with Gasteiger partial charge in [0.2, 0.25) is 0 Å². The number of carbonyl (C=O) groups excluding carboxylic acids is 1. The largest absolute Gasteiger partial charge is 0.507 e. The number of aromatic amines is 1. The average Bonchev–Trinajstić information content (AvgIpc) is 3.38. The number of H-pyrrole nitrogens is 1. The SMILES string of the molecule is CCCOc1ccc(C2c3c(-c4ccccc4O)n[nH]c3C(=O)N2CCCOC)cc1OCC. The summed E-state index contributed by atoms with van der Waals surface area (Å²) in [6, 6.07) is 12.4. The number of hydrogen-bond donors (Lipinski definition) is 2. The van der Waals surface area contributed by atoms with E-state index in [4.69, 9.17) is 14.2 Å². The molecular formula is C26H31N3O5. The van der Waals surface area contributed by atoms with Crippen molar-refractivity contribution in [1.82, 2.24) is 15.1 Å². The molecule has 1 aliphatic rings. The van der Waals surface area contributed by atoms with Gasteiger partial charge in [-0.3, -0.25) is 9.89 Å². The molecule has 1 atom stereocenters. The van der Waals surface area contributed by atoms with Crippen molar-refractivity contribution < 1.29 is 24.1 Å². The average molecular weight is 466 g/mol. The second-order valence-corrected chi connectivity index (χ2v) is 8.11. The highest BCUT2D eigenvalue weighted by molar-refractivity contribution is 6.00. The Labute approximate surface area is 199 Å². The van der Waals surface area contributed by atoms with Crippen LogP contribution < -0.4 is 9.47 Å². The molecule has 0 bridgehead atoms. The van der Waals surface area contributed by atoms with E-state index in [9.17, 15) is 9.90 Å². The summed E-state index contributed by atoms with van der Waals surface area (Å²) in [5.41, 5.74) is 3.20. The number of nitrogens with zero attached hydrogens (tertiary/aromatic N) is 2. The number of aromatic nitrogens is 2. The zero-order valence-electron chi connectivity index (χ0n) is 19.8. The molecule has 4 rings (SSSR count). The lowest BCUT2D eigenvalue weighted by Crippen LogP contribution is -2.31. The van der Waals surface area contributed by atoms with E-state index in [0.717, 1.165) is 17.5 Å². The van der Waals surface area contributed by atoms with Crippen LogP contribution in [0.25, 0.3) is 11.3 Å². The van der Waals surface area contributed by atoms with Gasteiger partial charge in [0.15, 0.2) is 11.5 Å². The third-order valence-electron chi connectivity index (χ3n) is 5.82. The van der Waals surface area contributed by atoms with Gasteiger partial charge in [-0.25, -0.2) is 0 Å². The second kappa shape index (κ2) is 10.6. The summed E-state index contributed by atoms with van der Waals surface area (Å²) < 4.78 is 17.0. The van der Waals surface area contributed by atoms with E-state index in [2.05, 4.69) is 17.1 Å². The maximum atomic E-state index is 13.4. The Hall–Kier alpha value is -3.52. The van der Waals surface area contributed by atoms with Crippen LogP contribution >= 0.6 is 0 Å². The van der Waals surface area contributed by atoms with Crippen molar-refractivity contribution in [3.8, 4) is 28.5 Å². The van der Waals surface area contributed by atoms with Crippen LogP contribution in [-0.4, -0.2) is 59.6 Å². The number of phenolic OH excluding ortho intramolecular Hbond substituents is 1. The van der Waals surface area contributed by atoms with Crippen LogP contribution in [-0.2, 0) is 4.74 Å². The van der Waals surface area contributed by atoms with Crippen molar-refractivity contribution >= 4 is 5.91 Å². The highest BCUT2D eigenvalue weighted by Crippen LogP contribution is 2.45. The van der Waals surface area contributed by atoms with Crippen LogP contribution in [0.3, 0.4) is 0 Å². The normalized spacial score (nSPS) is 15.0. The lowest BCUT2D eigenvalue weighted by Gasteiger charge is -2.27. The summed E-state index contributed by atoms with van der Waals surface area (Å²) in [7, 11) is 1.65. The number of methoxy groups -OCH3 is 1. The Morgan fingerprint density at radius 2 is 1.91 bits per heavy atom. The fourth-order valence-corrected chi connectivity index (χ4v) is 4.33. The molecule has 34 heavy (non-hydrogen) atoms. The quantitative estimate of drug-likeness (QED) is 0.403. The van der Waals surface area contributed by atoms with Crippen LogP contribution in [0.5, 0.6) is 17.2 Å². The van der Waals surface area contributed by atoms with Crippen molar-refractivity contribution in [3.05, 3.63) is 59.3 Å². The first kappa shape index (κ1) is 23.6. The summed E-state index contributed by atoms with van der Waals surface area (Å²) in [6.07, 6.45) is 1.58. The van der Waals surface area contributed by atoms with E-state index in [0.29, 0.717) is 61.2 Å². The number of fused-ring (bicyclic) bond motifs is 1. The van der Waals surface area contributed by atoms with Crippen molar-refractivity contribution in [1.29, 1.82) is 0 Å². The van der Waals surface area contributed by atoms with Crippen LogP contribution in [0.2, 0.25) is 0 Å². The number of para-hydroxylation sites is 1. The van der Waals surface area contributed by atoms with Gasteiger partial charge in [0, 0.05) is 31.4 Å². The minimum absolute atomic E-state index is 0.110. The number of phenols is 1. The maximum absolute atomic E-state index is 13.4. The lowest BCUT2D eigenvalue weighted by atomic mass is 9.95. The molecular weight excluding hydrogens is 434 g/mol. The van der Waals surface area contributed by atoms with Gasteiger partial charge < -0.3 is 24.2 Å². The Morgan fingerprint density at radius 1 is 1.09 bits per heavy atom. The van der Waals surface area contributed by atoms with Crippen LogP contribution in [0, 0.1) is 0 Å². The fourth-order valence-electron chi connectivity index (χ4n) is 4.33. The first-order valence-corrected chi connectivity index (χ1v) is 11.7. The van der Waals surface area contributed by atoms with Crippen LogP contribution in [0.4, 0.5) is 0 Å². The minimum atomic E-state index is -0.396. The summed E-state index contributed by atoms with van der Waals surface area (Å²) in [6.45, 7) is 6.12. The number of rotatable bonds is 11. The molecule has 2 aromatic carbocycles. The molecule has 1 amide bonds. The van der Waals surface area contributed by atoms with E-state index in [-0.39, 0.29) is 11.7 Å². The Balaban J connectivity index is 1.82. The molecule has 3 aromatic rings. The Morgan fingerprint density at radius 3 is 2.65 bits per heavy atom. The molecule has 0 fully saturated rings. The monoisotopic (exact) mass is 465 g/mol. The molecule has 8 heteroatoms. The van der Waals surface area contributed by atoms with Gasteiger partial charge in [-0.1, -0.05) is 25.1 Å². The van der Waals surface area contributed by atoms with E-state index in [1.54, 1.807) is 25.3 Å². The molecule has 0 spiro atoms. The number of aromatic hydroxyl groups is 1. The van der Waals surface area contributed by atoms with Crippen molar-refractivity contribution in [2.45, 2.75) is 32.7 Å². The van der Waals surface area contributed by atoms with E-state index >= 15 is 0 Å². The number of nitrogens with one attached hydrogen (secondary N) is 1. The minimum Gasteiger partial charge on any atom is -0.507 e. The standard InChI is InChI=1S/C26H31N3O5/c1-4-14-34-20-12-11-17(16-21(20)33-5-2)25-22-23(18-9-6-7-10-19(18)30)27-28-24(22)26(31)29(25)13-8-15-32-3/h6-7,9-12,16,25,30H,4-5,8,13-15H2,1-3H3,(H,27,28). The van der Waals surface area contributed by atoms with Gasteiger partial charge in [0.1, 0.15) is 17.1 Å². The topological polar surface area (TPSA) is 96.9 Å². The van der Waals surface area contributed by atoms with Gasteiger partial charge in [-0.15, -0.1) is 0 Å². The third kappa shape index (κ3) is 4.46. The van der Waals surface area contributed by atoms with Crippen LogP contribution in [0.15, 0.2) is 42.5 Å². The van der Waals surface area contributed by atoms with Gasteiger partial charge in [-0.05, 0) is 49.6 Å². The molecule has 1 aliphatic heterocycles. The molecule has 2 heterocycles. The lowest BCUT2D eigenvalue weighted by molar-refractivity contribution is 0.0723. The zero-order chi connectivity index (χ0) is 24.1. The van der Waals surface area contributed by atoms with Crippen molar-refractivity contribution in [3.63, 3.8) is 0 Å². The van der Waals surface area contributed by atoms with Gasteiger partial charge in [0.05, 0.1) is 19.3 Å². The smallest absolute Gasteiger partial charge is 0.273 e. The predicted molar refractivity (Wildman–Crippen MR) is 128 cm³/mol.